The topological polar surface area (TPSA) is 67.4 Å². The van der Waals surface area contributed by atoms with Gasteiger partial charge in [0.25, 0.3) is 0 Å². The number of hydrogen-bond donors (Lipinski definition) is 2. The molecule has 0 radical (unpaired) electrons. The van der Waals surface area contributed by atoms with Crippen molar-refractivity contribution in [3.63, 3.8) is 0 Å². The third kappa shape index (κ3) is 3.17. The van der Waals surface area contributed by atoms with E-state index in [1.165, 1.54) is 11.3 Å². The molecule has 0 aromatic heterocycles. The summed E-state index contributed by atoms with van der Waals surface area (Å²) in [4.78, 5) is 23.1. The molecule has 1 aromatic rings. The van der Waals surface area contributed by atoms with Gasteiger partial charge in [-0.3, -0.25) is 4.79 Å². The summed E-state index contributed by atoms with van der Waals surface area (Å²) in [7, 11) is 0. The molecule has 112 valence electrons. The fourth-order valence-corrected chi connectivity index (χ4v) is 3.02. The number of ether oxygens (including phenoxy) is 1. The number of anilines is 1. The van der Waals surface area contributed by atoms with E-state index in [1.807, 2.05) is 6.07 Å². The van der Waals surface area contributed by atoms with E-state index in [-0.39, 0.29) is 11.9 Å². The van der Waals surface area contributed by atoms with E-state index < -0.39 is 6.04 Å². The van der Waals surface area contributed by atoms with Gasteiger partial charge in [-0.05, 0) is 24.5 Å². The molecule has 5 heteroatoms. The zero-order chi connectivity index (χ0) is 14.7. The normalized spacial score (nSPS) is 23.3. The van der Waals surface area contributed by atoms with Gasteiger partial charge in [0.05, 0.1) is 6.61 Å². The molecule has 0 bridgehead atoms. The lowest BCUT2D eigenvalue weighted by Crippen LogP contribution is -2.37. The second-order valence-corrected chi connectivity index (χ2v) is 5.63. The fraction of sp³-hybridized carbons (Fsp3) is 0.500. The number of fused-ring (bicyclic) bond motifs is 1. The van der Waals surface area contributed by atoms with Crippen molar-refractivity contribution in [2.24, 2.45) is 0 Å². The lowest BCUT2D eigenvalue weighted by atomic mass is 9.95. The SMILES string of the molecule is O=C(CCCC1CNc2ccccc21)N[C@@H]1CCOC1=O. The molecule has 0 spiro atoms. The third-order valence-corrected chi connectivity index (χ3v) is 4.17. The quantitative estimate of drug-likeness (QED) is 0.811. The number of carbonyl (C=O) groups excluding carboxylic acids is 2. The Kier molecular flexibility index (Phi) is 4.08. The van der Waals surface area contributed by atoms with E-state index >= 15 is 0 Å². The van der Waals surface area contributed by atoms with Gasteiger partial charge in [0.15, 0.2) is 0 Å². The minimum absolute atomic E-state index is 0.0573. The molecule has 1 saturated heterocycles. The van der Waals surface area contributed by atoms with Crippen LogP contribution in [0.25, 0.3) is 0 Å². The molecule has 1 aromatic carbocycles. The van der Waals surface area contributed by atoms with Crippen molar-refractivity contribution in [1.29, 1.82) is 0 Å². The van der Waals surface area contributed by atoms with Crippen LogP contribution in [0.3, 0.4) is 0 Å². The monoisotopic (exact) mass is 288 g/mol. The predicted molar refractivity (Wildman–Crippen MR) is 79.0 cm³/mol. The number of esters is 1. The van der Waals surface area contributed by atoms with Crippen molar-refractivity contribution in [1.82, 2.24) is 5.32 Å². The first-order chi connectivity index (χ1) is 10.2. The Morgan fingerprint density at radius 1 is 1.38 bits per heavy atom. The lowest BCUT2D eigenvalue weighted by Gasteiger charge is -2.11. The van der Waals surface area contributed by atoms with Crippen molar-refractivity contribution < 1.29 is 14.3 Å². The largest absolute Gasteiger partial charge is 0.464 e. The molecule has 1 amide bonds. The molecular weight excluding hydrogens is 268 g/mol. The first-order valence-corrected chi connectivity index (χ1v) is 7.53. The molecule has 2 heterocycles. The van der Waals surface area contributed by atoms with Crippen LogP contribution >= 0.6 is 0 Å². The maximum atomic E-state index is 11.8. The molecule has 1 unspecified atom stereocenters. The van der Waals surface area contributed by atoms with Crippen LogP contribution in [-0.4, -0.2) is 31.1 Å². The summed E-state index contributed by atoms with van der Waals surface area (Å²) in [5.74, 6) is 0.112. The Labute approximate surface area is 124 Å². The maximum absolute atomic E-state index is 11.8. The van der Waals surface area contributed by atoms with E-state index in [4.69, 9.17) is 4.74 Å². The van der Waals surface area contributed by atoms with Gasteiger partial charge in [-0.15, -0.1) is 0 Å². The number of carbonyl (C=O) groups is 2. The molecule has 3 rings (SSSR count). The van der Waals surface area contributed by atoms with E-state index in [0.29, 0.717) is 25.4 Å². The first-order valence-electron chi connectivity index (χ1n) is 7.53. The number of benzene rings is 1. The maximum Gasteiger partial charge on any atom is 0.328 e. The van der Waals surface area contributed by atoms with Crippen LogP contribution in [0, 0.1) is 0 Å². The average Bonchev–Trinajstić information content (AvgIpc) is 3.07. The number of amides is 1. The zero-order valence-electron chi connectivity index (χ0n) is 11.9. The van der Waals surface area contributed by atoms with Gasteiger partial charge in [0.1, 0.15) is 6.04 Å². The summed E-state index contributed by atoms with van der Waals surface area (Å²) in [6.45, 7) is 1.35. The number of rotatable bonds is 5. The molecule has 2 atom stereocenters. The molecule has 2 aliphatic heterocycles. The number of para-hydroxylation sites is 1. The van der Waals surface area contributed by atoms with Gasteiger partial charge < -0.3 is 15.4 Å². The molecule has 1 fully saturated rings. The second kappa shape index (κ2) is 6.16. The van der Waals surface area contributed by atoms with Crippen molar-refractivity contribution in [2.45, 2.75) is 37.6 Å². The van der Waals surface area contributed by atoms with Crippen LogP contribution < -0.4 is 10.6 Å². The van der Waals surface area contributed by atoms with Crippen molar-refractivity contribution in [2.75, 3.05) is 18.5 Å². The van der Waals surface area contributed by atoms with Gasteiger partial charge in [0, 0.05) is 31.0 Å². The Morgan fingerprint density at radius 3 is 3.05 bits per heavy atom. The summed E-state index contributed by atoms with van der Waals surface area (Å²) in [6, 6.07) is 7.88. The molecular formula is C16H20N2O3. The Hall–Kier alpha value is -2.04. The van der Waals surface area contributed by atoms with E-state index in [2.05, 4.69) is 28.8 Å². The summed E-state index contributed by atoms with van der Waals surface area (Å²) >= 11 is 0. The molecule has 0 aliphatic carbocycles. The van der Waals surface area contributed by atoms with Crippen molar-refractivity contribution in [3.05, 3.63) is 29.8 Å². The van der Waals surface area contributed by atoms with E-state index in [0.717, 1.165) is 19.4 Å². The Morgan fingerprint density at radius 2 is 2.24 bits per heavy atom. The summed E-state index contributed by atoms with van der Waals surface area (Å²) in [6.07, 6.45) is 2.85. The second-order valence-electron chi connectivity index (χ2n) is 5.63. The fourth-order valence-electron chi connectivity index (χ4n) is 3.02. The molecule has 0 saturated carbocycles. The van der Waals surface area contributed by atoms with Crippen LogP contribution in [0.4, 0.5) is 5.69 Å². The van der Waals surface area contributed by atoms with Crippen LogP contribution in [-0.2, 0) is 14.3 Å². The Balaban J connectivity index is 1.42. The zero-order valence-corrected chi connectivity index (χ0v) is 11.9. The number of hydrogen-bond acceptors (Lipinski definition) is 4. The van der Waals surface area contributed by atoms with E-state index in [9.17, 15) is 9.59 Å². The highest BCUT2D eigenvalue weighted by Crippen LogP contribution is 2.34. The molecule has 2 aliphatic rings. The summed E-state index contributed by atoms with van der Waals surface area (Å²) < 4.78 is 4.83. The molecule has 21 heavy (non-hydrogen) atoms. The minimum Gasteiger partial charge on any atom is -0.464 e. The van der Waals surface area contributed by atoms with Gasteiger partial charge >= 0.3 is 5.97 Å². The van der Waals surface area contributed by atoms with Crippen LogP contribution in [0.2, 0.25) is 0 Å². The number of cyclic esters (lactones) is 1. The molecule has 2 N–H and O–H groups in total. The highest BCUT2D eigenvalue weighted by Gasteiger charge is 2.28. The van der Waals surface area contributed by atoms with Gasteiger partial charge in [-0.2, -0.15) is 0 Å². The van der Waals surface area contributed by atoms with Crippen LogP contribution in [0.5, 0.6) is 0 Å². The summed E-state index contributed by atoms with van der Waals surface area (Å²) in [5.41, 5.74) is 2.55. The van der Waals surface area contributed by atoms with Gasteiger partial charge in [-0.25, -0.2) is 4.79 Å². The minimum atomic E-state index is -0.439. The smallest absolute Gasteiger partial charge is 0.328 e. The first kappa shape index (κ1) is 13.9. The van der Waals surface area contributed by atoms with Gasteiger partial charge in [0.2, 0.25) is 5.91 Å². The standard InChI is InChI=1S/C16H20N2O3/c19-15(18-14-8-9-21-16(14)20)7-3-4-11-10-17-13-6-2-1-5-12(11)13/h1-2,5-6,11,14,17H,3-4,7-10H2,(H,18,19)/t11?,14-/m1/s1. The van der Waals surface area contributed by atoms with E-state index in [1.54, 1.807) is 0 Å². The van der Waals surface area contributed by atoms with Crippen LogP contribution in [0.15, 0.2) is 24.3 Å². The van der Waals surface area contributed by atoms with Crippen molar-refractivity contribution in [3.8, 4) is 0 Å². The van der Waals surface area contributed by atoms with Crippen LogP contribution in [0.1, 0.15) is 37.2 Å². The highest BCUT2D eigenvalue weighted by molar-refractivity contribution is 5.85. The lowest BCUT2D eigenvalue weighted by molar-refractivity contribution is -0.141. The third-order valence-electron chi connectivity index (χ3n) is 4.17. The predicted octanol–water partition coefficient (Wildman–Crippen LogP) is 1.80. The van der Waals surface area contributed by atoms with Gasteiger partial charge in [-0.1, -0.05) is 18.2 Å². The number of nitrogens with one attached hydrogen (secondary N) is 2. The highest BCUT2D eigenvalue weighted by atomic mass is 16.5. The summed E-state index contributed by atoms with van der Waals surface area (Å²) in [5, 5.41) is 6.14. The molecule has 5 nitrogen and oxygen atoms in total. The average molecular weight is 288 g/mol. The Bertz CT molecular complexity index is 544. The van der Waals surface area contributed by atoms with Crippen molar-refractivity contribution >= 4 is 17.6 Å².